The molecule has 0 N–H and O–H groups in total. The Kier molecular flexibility index (Phi) is 4.87. The zero-order chi connectivity index (χ0) is 11.4. The molecule has 1 fully saturated rings. The van der Waals surface area contributed by atoms with Crippen LogP contribution < -0.4 is 0 Å². The summed E-state index contributed by atoms with van der Waals surface area (Å²) in [6, 6.07) is 0. The van der Waals surface area contributed by atoms with Gasteiger partial charge in [-0.1, -0.05) is 0 Å². The number of hydrogen-bond acceptors (Lipinski definition) is 2. The molecule has 0 saturated carbocycles. The van der Waals surface area contributed by atoms with Crippen LogP contribution in [0.25, 0.3) is 0 Å². The van der Waals surface area contributed by atoms with Crippen molar-refractivity contribution in [2.45, 2.75) is 38.2 Å². The van der Waals surface area contributed by atoms with Crippen LogP contribution in [0.15, 0.2) is 0 Å². The molecule has 0 bridgehead atoms. The van der Waals surface area contributed by atoms with Crippen molar-refractivity contribution in [3.8, 4) is 0 Å². The van der Waals surface area contributed by atoms with E-state index < -0.39 is 0 Å². The number of amides is 1. The molecule has 3 atom stereocenters. The number of carbonyl (C=O) groups excluding carboxylic acids is 1. The van der Waals surface area contributed by atoms with E-state index in [-0.39, 0.29) is 23.3 Å². The maximum absolute atomic E-state index is 12.0. The van der Waals surface area contributed by atoms with Crippen LogP contribution >= 0.6 is 11.6 Å². The zero-order valence-electron chi connectivity index (χ0n) is 9.70. The van der Waals surface area contributed by atoms with Crippen molar-refractivity contribution in [2.75, 3.05) is 20.2 Å². The molecular formula is C11H20ClNO2. The monoisotopic (exact) mass is 233 g/mol. The molecule has 0 spiro atoms. The lowest BCUT2D eigenvalue weighted by Crippen LogP contribution is -2.37. The molecule has 1 saturated heterocycles. The van der Waals surface area contributed by atoms with Crippen LogP contribution in [0.4, 0.5) is 0 Å². The molecule has 88 valence electrons. The lowest BCUT2D eigenvalue weighted by molar-refractivity contribution is -0.135. The van der Waals surface area contributed by atoms with E-state index in [0.717, 1.165) is 19.4 Å². The molecule has 1 aliphatic rings. The van der Waals surface area contributed by atoms with Gasteiger partial charge in [-0.15, -0.1) is 11.6 Å². The van der Waals surface area contributed by atoms with Crippen LogP contribution in [0.2, 0.25) is 0 Å². The van der Waals surface area contributed by atoms with E-state index in [9.17, 15) is 4.79 Å². The first-order chi connectivity index (χ1) is 7.02. The summed E-state index contributed by atoms with van der Waals surface area (Å²) in [5.41, 5.74) is 0. The van der Waals surface area contributed by atoms with Gasteiger partial charge in [-0.25, -0.2) is 0 Å². The summed E-state index contributed by atoms with van der Waals surface area (Å²) in [5, 5.41) is 0.123. The Bertz CT molecular complexity index is 221. The van der Waals surface area contributed by atoms with Crippen molar-refractivity contribution < 1.29 is 9.53 Å². The third kappa shape index (κ3) is 3.65. The van der Waals surface area contributed by atoms with Gasteiger partial charge in [0.05, 0.1) is 12.0 Å². The zero-order valence-corrected chi connectivity index (χ0v) is 10.5. The van der Waals surface area contributed by atoms with E-state index in [0.29, 0.717) is 6.61 Å². The van der Waals surface area contributed by atoms with Gasteiger partial charge < -0.3 is 9.64 Å². The molecular weight excluding hydrogens is 214 g/mol. The standard InChI is InChI=1S/C11H20ClNO2/c1-8(12)4-6-13(3)11(14)10-5-7-15-9(10)2/h8-10H,4-7H2,1-3H3. The minimum absolute atomic E-state index is 0.0423. The van der Waals surface area contributed by atoms with Crippen molar-refractivity contribution in [3.63, 3.8) is 0 Å². The molecule has 1 rings (SSSR count). The molecule has 3 unspecified atom stereocenters. The lowest BCUT2D eigenvalue weighted by Gasteiger charge is -2.23. The first-order valence-corrected chi connectivity index (χ1v) is 5.96. The summed E-state index contributed by atoms with van der Waals surface area (Å²) in [4.78, 5) is 13.7. The first-order valence-electron chi connectivity index (χ1n) is 5.53. The summed E-state index contributed by atoms with van der Waals surface area (Å²) >= 11 is 5.85. The summed E-state index contributed by atoms with van der Waals surface area (Å²) in [5.74, 6) is 0.234. The molecule has 1 amide bonds. The number of alkyl halides is 1. The van der Waals surface area contributed by atoms with Crippen molar-refractivity contribution in [1.82, 2.24) is 4.90 Å². The minimum atomic E-state index is 0.0423. The summed E-state index contributed by atoms with van der Waals surface area (Å²) in [6.07, 6.45) is 1.75. The molecule has 3 nitrogen and oxygen atoms in total. The Balaban J connectivity index is 2.38. The summed E-state index contributed by atoms with van der Waals surface area (Å²) in [7, 11) is 1.84. The van der Waals surface area contributed by atoms with Gasteiger partial charge in [0.1, 0.15) is 0 Å². The third-order valence-electron chi connectivity index (χ3n) is 2.93. The average molecular weight is 234 g/mol. The average Bonchev–Trinajstić information content (AvgIpc) is 2.59. The van der Waals surface area contributed by atoms with Crippen LogP contribution in [0.5, 0.6) is 0 Å². The Hall–Kier alpha value is -0.280. The molecule has 4 heteroatoms. The molecule has 0 aromatic heterocycles. The molecule has 1 heterocycles. The van der Waals surface area contributed by atoms with Crippen molar-refractivity contribution >= 4 is 17.5 Å². The van der Waals surface area contributed by atoms with Crippen molar-refractivity contribution in [3.05, 3.63) is 0 Å². The highest BCUT2D eigenvalue weighted by atomic mass is 35.5. The van der Waals surface area contributed by atoms with Crippen molar-refractivity contribution in [2.24, 2.45) is 5.92 Å². The summed E-state index contributed by atoms with van der Waals surface area (Å²) < 4.78 is 5.39. The second-order valence-corrected chi connectivity index (χ2v) is 5.05. The summed E-state index contributed by atoms with van der Waals surface area (Å²) in [6.45, 7) is 5.35. The number of rotatable bonds is 4. The second-order valence-electron chi connectivity index (χ2n) is 4.30. The normalized spacial score (nSPS) is 27.7. The van der Waals surface area contributed by atoms with Gasteiger partial charge in [-0.05, 0) is 26.7 Å². The highest BCUT2D eigenvalue weighted by molar-refractivity contribution is 6.20. The SMILES string of the molecule is CC(Cl)CCN(C)C(=O)C1CCOC1C. The number of carbonyl (C=O) groups is 1. The van der Waals surface area contributed by atoms with Gasteiger partial charge in [0, 0.05) is 25.6 Å². The van der Waals surface area contributed by atoms with Crippen LogP contribution in [-0.4, -0.2) is 42.5 Å². The Morgan fingerprint density at radius 2 is 2.33 bits per heavy atom. The molecule has 0 radical (unpaired) electrons. The minimum Gasteiger partial charge on any atom is -0.378 e. The third-order valence-corrected chi connectivity index (χ3v) is 3.15. The van der Waals surface area contributed by atoms with E-state index in [4.69, 9.17) is 16.3 Å². The fourth-order valence-corrected chi connectivity index (χ4v) is 1.92. The predicted molar refractivity (Wildman–Crippen MR) is 61.1 cm³/mol. The number of nitrogens with zero attached hydrogens (tertiary/aromatic N) is 1. The highest BCUT2D eigenvalue weighted by Gasteiger charge is 2.32. The van der Waals surface area contributed by atoms with E-state index >= 15 is 0 Å². The van der Waals surface area contributed by atoms with Gasteiger partial charge >= 0.3 is 0 Å². The maximum atomic E-state index is 12.0. The smallest absolute Gasteiger partial charge is 0.228 e. The maximum Gasteiger partial charge on any atom is 0.228 e. The van der Waals surface area contributed by atoms with Crippen molar-refractivity contribution in [1.29, 1.82) is 0 Å². The number of ether oxygens (including phenoxy) is 1. The number of hydrogen-bond donors (Lipinski definition) is 0. The lowest BCUT2D eigenvalue weighted by atomic mass is 10.0. The first kappa shape index (κ1) is 12.8. The van der Waals surface area contributed by atoms with Gasteiger partial charge in [0.2, 0.25) is 5.91 Å². The molecule has 0 aromatic rings. The van der Waals surface area contributed by atoms with Crippen LogP contribution in [0.3, 0.4) is 0 Å². The van der Waals surface area contributed by atoms with Gasteiger partial charge in [0.25, 0.3) is 0 Å². The fraction of sp³-hybridized carbons (Fsp3) is 0.909. The van der Waals surface area contributed by atoms with Crippen LogP contribution in [0.1, 0.15) is 26.7 Å². The van der Waals surface area contributed by atoms with E-state index in [2.05, 4.69) is 0 Å². The topological polar surface area (TPSA) is 29.5 Å². The molecule has 1 aliphatic heterocycles. The van der Waals surface area contributed by atoms with E-state index in [1.165, 1.54) is 0 Å². The Labute approximate surface area is 96.7 Å². The molecule has 0 aromatic carbocycles. The molecule has 15 heavy (non-hydrogen) atoms. The van der Waals surface area contributed by atoms with Gasteiger partial charge in [0.15, 0.2) is 0 Å². The van der Waals surface area contributed by atoms with E-state index in [1.54, 1.807) is 4.90 Å². The second kappa shape index (κ2) is 5.71. The van der Waals surface area contributed by atoms with Gasteiger partial charge in [-0.3, -0.25) is 4.79 Å². The molecule has 0 aliphatic carbocycles. The Morgan fingerprint density at radius 3 is 2.80 bits per heavy atom. The van der Waals surface area contributed by atoms with Gasteiger partial charge in [-0.2, -0.15) is 0 Å². The highest BCUT2D eigenvalue weighted by Crippen LogP contribution is 2.22. The fourth-order valence-electron chi connectivity index (χ4n) is 1.82. The number of halogens is 1. The van der Waals surface area contributed by atoms with E-state index in [1.807, 2.05) is 20.9 Å². The van der Waals surface area contributed by atoms with Crippen LogP contribution in [0, 0.1) is 5.92 Å². The Morgan fingerprint density at radius 1 is 1.67 bits per heavy atom. The van der Waals surface area contributed by atoms with Crippen LogP contribution in [-0.2, 0) is 9.53 Å². The quantitative estimate of drug-likeness (QED) is 0.694. The largest absolute Gasteiger partial charge is 0.378 e. The predicted octanol–water partition coefficient (Wildman–Crippen LogP) is 1.89.